The van der Waals surface area contributed by atoms with E-state index in [-0.39, 0.29) is 34.7 Å². The maximum absolute atomic E-state index is 14.0. The predicted octanol–water partition coefficient (Wildman–Crippen LogP) is 2.28. The average molecular weight is 594 g/mol. The number of amides is 4. The third kappa shape index (κ3) is 9.40. The molecule has 0 saturated carbocycles. The molecule has 0 aliphatic carbocycles. The molecule has 0 aliphatic heterocycles. The van der Waals surface area contributed by atoms with Gasteiger partial charge >= 0.3 is 6.03 Å². The van der Waals surface area contributed by atoms with Crippen LogP contribution in [-0.2, 0) is 27.5 Å². The molecule has 1 unspecified atom stereocenters. The van der Waals surface area contributed by atoms with Gasteiger partial charge in [0.15, 0.2) is 0 Å². The predicted molar refractivity (Wildman–Crippen MR) is 147 cm³/mol. The molecule has 11 heteroatoms. The van der Waals surface area contributed by atoms with E-state index in [0.29, 0.717) is 17.4 Å². The second-order valence-electron chi connectivity index (χ2n) is 9.44. The normalized spacial score (nSPS) is 13.4. The molecule has 200 valence electrons. The van der Waals surface area contributed by atoms with Gasteiger partial charge in [0.2, 0.25) is 11.7 Å². The third-order valence-corrected chi connectivity index (χ3v) is 7.31. The van der Waals surface area contributed by atoms with Crippen LogP contribution >= 0.6 is 15.9 Å². The molecule has 2 aromatic rings. The van der Waals surface area contributed by atoms with Crippen LogP contribution in [0.2, 0.25) is 0 Å². The lowest BCUT2D eigenvalue weighted by Crippen LogP contribution is -2.64. The Morgan fingerprint density at radius 3 is 2.32 bits per heavy atom. The van der Waals surface area contributed by atoms with E-state index in [9.17, 15) is 23.6 Å². The van der Waals surface area contributed by atoms with Gasteiger partial charge in [-0.15, -0.1) is 0 Å². The Kier molecular flexibility index (Phi) is 11.4. The van der Waals surface area contributed by atoms with Gasteiger partial charge in [-0.25, -0.2) is 9.18 Å². The summed E-state index contributed by atoms with van der Waals surface area (Å²) in [5.74, 6) is -2.72. The van der Waals surface area contributed by atoms with Crippen molar-refractivity contribution in [3.63, 3.8) is 0 Å². The summed E-state index contributed by atoms with van der Waals surface area (Å²) < 4.78 is 14.6. The summed E-state index contributed by atoms with van der Waals surface area (Å²) in [4.78, 5) is 51.2. The minimum atomic E-state index is -1.20. The van der Waals surface area contributed by atoms with E-state index in [2.05, 4.69) is 37.2 Å². The van der Waals surface area contributed by atoms with Crippen LogP contribution in [-0.4, -0.2) is 45.1 Å². The first-order valence-corrected chi connectivity index (χ1v) is 13.9. The van der Waals surface area contributed by atoms with Crippen molar-refractivity contribution in [1.82, 2.24) is 21.3 Å². The fourth-order valence-corrected chi connectivity index (χ4v) is 5.46. The van der Waals surface area contributed by atoms with Gasteiger partial charge in [0.1, 0.15) is 5.82 Å². The van der Waals surface area contributed by atoms with Gasteiger partial charge in [0, 0.05) is 33.4 Å². The van der Waals surface area contributed by atoms with Crippen molar-refractivity contribution >= 4 is 49.8 Å². The molecule has 0 fully saturated rings. The zero-order valence-electron chi connectivity index (χ0n) is 21.5. The molecule has 0 radical (unpaired) electrons. The lowest BCUT2D eigenvalue weighted by atomic mass is 10.0. The fourth-order valence-electron chi connectivity index (χ4n) is 3.86. The Morgan fingerprint density at radius 2 is 1.70 bits per heavy atom. The Hall–Kier alpha value is -3.05. The van der Waals surface area contributed by atoms with Crippen molar-refractivity contribution in [2.75, 3.05) is 0 Å². The number of nitrogens with one attached hydrogen (secondary N) is 4. The number of Topliss-reactive ketones (excluding diaryl/α,β-unsaturated/α-hetero) is 1. The quantitative estimate of drug-likeness (QED) is 0.223. The summed E-state index contributed by atoms with van der Waals surface area (Å²) in [7, 11) is 0.266. The molecule has 4 amide bonds. The summed E-state index contributed by atoms with van der Waals surface area (Å²) >= 11 is 3.24. The van der Waals surface area contributed by atoms with Crippen molar-refractivity contribution in [1.29, 1.82) is 0 Å². The van der Waals surface area contributed by atoms with Gasteiger partial charge < -0.3 is 21.3 Å². The maximum atomic E-state index is 14.0. The first kappa shape index (κ1) is 30.2. The Balaban J connectivity index is 2.03. The lowest BCUT2D eigenvalue weighted by molar-refractivity contribution is -0.140. The fraction of sp³-hybridized carbons (Fsp3) is 0.385. The summed E-state index contributed by atoms with van der Waals surface area (Å²) in [6.45, 7) is 5.64. The van der Waals surface area contributed by atoms with E-state index in [4.69, 9.17) is 0 Å². The van der Waals surface area contributed by atoms with E-state index in [1.165, 1.54) is 18.2 Å². The number of carbonyl (C=O) groups is 4. The SMILES string of the molecule is CCC(NC(=O)[C@@]([SiH3])(CC(C)C)NC(=O)NCc1ccccc1)C(=O)C(=O)NCc1cc(Br)ccc1F. The molecule has 4 N–H and O–H groups in total. The lowest BCUT2D eigenvalue weighted by Gasteiger charge is -2.33. The van der Waals surface area contributed by atoms with Crippen LogP contribution in [0, 0.1) is 11.7 Å². The molecular formula is C26H34BrFN4O4Si. The number of carbonyl (C=O) groups excluding carboxylic acids is 4. The van der Waals surface area contributed by atoms with Gasteiger partial charge in [0.25, 0.3) is 5.91 Å². The summed E-state index contributed by atoms with van der Waals surface area (Å²) in [5, 5.41) is 9.43. The highest BCUT2D eigenvalue weighted by Crippen LogP contribution is 2.16. The van der Waals surface area contributed by atoms with E-state index < -0.39 is 40.6 Å². The molecule has 2 rings (SSSR count). The van der Waals surface area contributed by atoms with Crippen LogP contribution in [0.25, 0.3) is 0 Å². The van der Waals surface area contributed by atoms with E-state index in [1.807, 2.05) is 44.2 Å². The summed E-state index contributed by atoms with van der Waals surface area (Å²) in [5.41, 5.74) is 1.13. The molecule has 0 aliphatic rings. The molecule has 0 aromatic heterocycles. The van der Waals surface area contributed by atoms with Gasteiger partial charge in [0.05, 0.1) is 11.2 Å². The zero-order valence-corrected chi connectivity index (χ0v) is 25.1. The van der Waals surface area contributed by atoms with E-state index >= 15 is 0 Å². The van der Waals surface area contributed by atoms with Crippen molar-refractivity contribution < 1.29 is 23.6 Å². The number of hydrogen-bond acceptors (Lipinski definition) is 4. The van der Waals surface area contributed by atoms with Gasteiger partial charge in [-0.3, -0.25) is 14.4 Å². The minimum absolute atomic E-state index is 0.0804. The zero-order chi connectivity index (χ0) is 27.6. The Labute approximate surface area is 228 Å². The summed E-state index contributed by atoms with van der Waals surface area (Å²) in [6, 6.07) is 12.1. The molecule has 2 atom stereocenters. The molecule has 8 nitrogen and oxygen atoms in total. The van der Waals surface area contributed by atoms with Gasteiger partial charge in [-0.2, -0.15) is 0 Å². The highest BCUT2D eigenvalue weighted by molar-refractivity contribution is 9.10. The van der Waals surface area contributed by atoms with Crippen molar-refractivity contribution in [3.8, 4) is 0 Å². The molecule has 2 aromatic carbocycles. The summed E-state index contributed by atoms with van der Waals surface area (Å²) in [6.07, 6.45) is 0.533. The van der Waals surface area contributed by atoms with Crippen LogP contribution in [0.15, 0.2) is 53.0 Å². The van der Waals surface area contributed by atoms with Crippen molar-refractivity contribution in [2.24, 2.45) is 5.92 Å². The molecule has 37 heavy (non-hydrogen) atoms. The number of rotatable bonds is 12. The highest BCUT2D eigenvalue weighted by atomic mass is 79.9. The Bertz CT molecular complexity index is 1120. The van der Waals surface area contributed by atoms with Crippen molar-refractivity contribution in [3.05, 3.63) is 69.9 Å². The van der Waals surface area contributed by atoms with Crippen LogP contribution in [0.4, 0.5) is 9.18 Å². The van der Waals surface area contributed by atoms with Crippen LogP contribution < -0.4 is 21.3 Å². The van der Waals surface area contributed by atoms with Crippen molar-refractivity contribution in [2.45, 2.75) is 57.9 Å². The standard InChI is InChI=1S/C26H34BrFN4O4Si/c1-4-21(22(33)23(34)29-15-18-12-19(27)10-11-20(18)28)31-24(35)26(37,13-16(2)3)32-25(36)30-14-17-8-6-5-7-9-17/h5-12,16,21H,4,13-15H2,1-3,37H3,(H,29,34)(H,31,35)(H2,30,32,36)/t21?,26-/m0/s1. The van der Waals surface area contributed by atoms with E-state index in [1.54, 1.807) is 6.92 Å². The first-order chi connectivity index (χ1) is 17.4. The smallest absolute Gasteiger partial charge is 0.315 e. The van der Waals surface area contributed by atoms with Crippen LogP contribution in [0.5, 0.6) is 0 Å². The monoisotopic (exact) mass is 592 g/mol. The maximum Gasteiger partial charge on any atom is 0.315 e. The molecule has 0 bridgehead atoms. The highest BCUT2D eigenvalue weighted by Gasteiger charge is 2.38. The minimum Gasteiger partial charge on any atom is -0.345 e. The molecule has 0 saturated heterocycles. The number of urea groups is 1. The number of benzene rings is 2. The van der Waals surface area contributed by atoms with Gasteiger partial charge in [-0.05, 0) is 42.5 Å². The van der Waals surface area contributed by atoms with Gasteiger partial charge in [-0.1, -0.05) is 67.0 Å². The number of ketones is 1. The Morgan fingerprint density at radius 1 is 1.03 bits per heavy atom. The largest absolute Gasteiger partial charge is 0.345 e. The second-order valence-corrected chi connectivity index (χ2v) is 12.1. The number of hydrogen-bond donors (Lipinski definition) is 4. The topological polar surface area (TPSA) is 116 Å². The molecular weight excluding hydrogens is 559 g/mol. The van der Waals surface area contributed by atoms with Crippen LogP contribution in [0.3, 0.4) is 0 Å². The third-order valence-electron chi connectivity index (χ3n) is 5.70. The number of halogens is 2. The van der Waals surface area contributed by atoms with Crippen LogP contribution in [0.1, 0.15) is 44.7 Å². The average Bonchev–Trinajstić information content (AvgIpc) is 2.85. The first-order valence-electron chi connectivity index (χ1n) is 12.1. The second kappa shape index (κ2) is 14.0. The molecule has 0 heterocycles. The molecule has 0 spiro atoms. The van der Waals surface area contributed by atoms with E-state index in [0.717, 1.165) is 5.56 Å².